The van der Waals surface area contributed by atoms with Crippen LogP contribution in [0.3, 0.4) is 0 Å². The number of anilines is 1. The van der Waals surface area contributed by atoms with E-state index in [0.29, 0.717) is 27.9 Å². The molecule has 2 rings (SSSR count). The molecule has 1 atom stereocenters. The normalized spacial score (nSPS) is 12.5. The van der Waals surface area contributed by atoms with Gasteiger partial charge < -0.3 is 15.0 Å². The molecule has 0 aliphatic carbocycles. The minimum atomic E-state index is -3.59. The van der Waals surface area contributed by atoms with Gasteiger partial charge in [0.25, 0.3) is 0 Å². The molecule has 0 bridgehead atoms. The smallest absolute Gasteiger partial charge is 0.243 e. The van der Waals surface area contributed by atoms with Crippen molar-refractivity contribution in [3.05, 3.63) is 58.1 Å². The van der Waals surface area contributed by atoms with Crippen LogP contribution in [0.2, 0.25) is 10.0 Å². The number of amides is 2. The van der Waals surface area contributed by atoms with Crippen molar-refractivity contribution in [2.45, 2.75) is 65.1 Å². The molecule has 1 unspecified atom stereocenters. The Bertz CT molecular complexity index is 1210. The van der Waals surface area contributed by atoms with Crippen molar-refractivity contribution >= 4 is 50.7 Å². The number of hydrogen-bond donors (Lipinski definition) is 1. The Hall–Kier alpha value is -2.49. The van der Waals surface area contributed by atoms with Gasteiger partial charge >= 0.3 is 0 Å². The van der Waals surface area contributed by atoms with Crippen LogP contribution < -0.4 is 14.4 Å². The van der Waals surface area contributed by atoms with Gasteiger partial charge in [-0.3, -0.25) is 13.9 Å². The second-order valence-electron chi connectivity index (χ2n) is 10.1. The molecule has 2 amide bonds. The fourth-order valence-corrected chi connectivity index (χ4v) is 5.25. The number of carbonyl (C=O) groups is 2. The van der Waals surface area contributed by atoms with Crippen molar-refractivity contribution < 1.29 is 22.7 Å². The summed E-state index contributed by atoms with van der Waals surface area (Å²) in [7, 11) is -2.06. The van der Waals surface area contributed by atoms with E-state index in [9.17, 15) is 18.0 Å². The van der Waals surface area contributed by atoms with E-state index in [1.807, 2.05) is 27.7 Å². The predicted molar refractivity (Wildman–Crippen MR) is 153 cm³/mol. The van der Waals surface area contributed by atoms with Crippen molar-refractivity contribution in [1.29, 1.82) is 0 Å². The maximum Gasteiger partial charge on any atom is 0.243 e. The average Bonchev–Trinajstić information content (AvgIpc) is 2.82. The first-order valence-corrected chi connectivity index (χ1v) is 14.9. The summed E-state index contributed by atoms with van der Waals surface area (Å²) in [5.74, 6) is 0.0778. The molecule has 0 saturated heterocycles. The number of benzene rings is 2. The van der Waals surface area contributed by atoms with Gasteiger partial charge in [-0.2, -0.15) is 0 Å². The summed E-state index contributed by atoms with van der Waals surface area (Å²) in [6.07, 6.45) is 1.83. The maximum atomic E-state index is 13.5. The van der Waals surface area contributed by atoms with Gasteiger partial charge in [-0.05, 0) is 75.6 Å². The number of sulfonamides is 1. The molecule has 0 aliphatic heterocycles. The summed E-state index contributed by atoms with van der Waals surface area (Å²) in [6, 6.07) is 11.0. The first-order chi connectivity index (χ1) is 17.7. The third-order valence-electron chi connectivity index (χ3n) is 5.73. The number of nitrogens with zero attached hydrogens (tertiary/aromatic N) is 2. The molecule has 0 fully saturated rings. The van der Waals surface area contributed by atoms with Crippen LogP contribution in [0.1, 0.15) is 52.5 Å². The van der Waals surface area contributed by atoms with Crippen LogP contribution in [0.4, 0.5) is 5.69 Å². The van der Waals surface area contributed by atoms with E-state index in [-0.39, 0.29) is 37.7 Å². The summed E-state index contributed by atoms with van der Waals surface area (Å²) in [6.45, 7) is 7.73. The molecule has 210 valence electrons. The van der Waals surface area contributed by atoms with E-state index >= 15 is 0 Å². The summed E-state index contributed by atoms with van der Waals surface area (Å²) in [5.41, 5.74) is 0.729. The number of methoxy groups -OCH3 is 1. The van der Waals surface area contributed by atoms with Crippen molar-refractivity contribution in [1.82, 2.24) is 10.2 Å². The standard InChI is InChI=1S/C27H37Cl2N3O5S/c1-7-24(26(34)30-27(2,3)4)31(18-19-10-15-22(28)23(29)17-19)25(33)9-8-16-32(38(6,35)36)20-11-13-21(37-5)14-12-20/h10-15,17,24H,7-9,16,18H2,1-6H3,(H,30,34). The first kappa shape index (κ1) is 31.7. The zero-order chi connectivity index (χ0) is 28.7. The van der Waals surface area contributed by atoms with Crippen LogP contribution >= 0.6 is 23.2 Å². The molecule has 38 heavy (non-hydrogen) atoms. The highest BCUT2D eigenvalue weighted by molar-refractivity contribution is 7.92. The Morgan fingerprint density at radius 2 is 1.68 bits per heavy atom. The van der Waals surface area contributed by atoms with E-state index in [1.165, 1.54) is 16.3 Å². The second-order valence-corrected chi connectivity index (χ2v) is 12.8. The van der Waals surface area contributed by atoms with Gasteiger partial charge in [0, 0.05) is 25.0 Å². The van der Waals surface area contributed by atoms with E-state index in [1.54, 1.807) is 42.5 Å². The third kappa shape index (κ3) is 9.36. The number of nitrogens with one attached hydrogen (secondary N) is 1. The highest BCUT2D eigenvalue weighted by Gasteiger charge is 2.31. The summed E-state index contributed by atoms with van der Waals surface area (Å²) in [5, 5.41) is 3.71. The molecule has 0 spiro atoms. The molecule has 11 heteroatoms. The Labute approximate surface area is 236 Å². The number of ether oxygens (including phenoxy) is 1. The number of carbonyl (C=O) groups excluding carboxylic acids is 2. The van der Waals surface area contributed by atoms with Crippen LogP contribution in [-0.4, -0.2) is 56.6 Å². The fraction of sp³-hybridized carbons (Fsp3) is 0.481. The minimum Gasteiger partial charge on any atom is -0.497 e. The summed E-state index contributed by atoms with van der Waals surface area (Å²) >= 11 is 12.3. The molecule has 2 aromatic rings. The highest BCUT2D eigenvalue weighted by Crippen LogP contribution is 2.25. The van der Waals surface area contributed by atoms with Crippen molar-refractivity contribution in [3.8, 4) is 5.75 Å². The third-order valence-corrected chi connectivity index (χ3v) is 7.67. The molecule has 8 nitrogen and oxygen atoms in total. The van der Waals surface area contributed by atoms with E-state index < -0.39 is 21.6 Å². The van der Waals surface area contributed by atoms with Crippen LogP contribution in [0.5, 0.6) is 5.75 Å². The maximum absolute atomic E-state index is 13.5. The van der Waals surface area contributed by atoms with Gasteiger partial charge in [-0.15, -0.1) is 0 Å². The largest absolute Gasteiger partial charge is 0.497 e. The molecular formula is C27H37Cl2N3O5S. The zero-order valence-corrected chi connectivity index (χ0v) is 25.1. The van der Waals surface area contributed by atoms with Crippen molar-refractivity contribution in [2.24, 2.45) is 0 Å². The average molecular weight is 587 g/mol. The SMILES string of the molecule is CCC(C(=O)NC(C)(C)C)N(Cc1ccc(Cl)c(Cl)c1)C(=O)CCCN(c1ccc(OC)cc1)S(C)(=O)=O. The van der Waals surface area contributed by atoms with Gasteiger partial charge in [0.2, 0.25) is 21.8 Å². The molecule has 0 aliphatic rings. The molecule has 0 radical (unpaired) electrons. The lowest BCUT2D eigenvalue weighted by Crippen LogP contribution is -2.53. The topological polar surface area (TPSA) is 96.0 Å². The van der Waals surface area contributed by atoms with Gasteiger partial charge in [0.1, 0.15) is 11.8 Å². The highest BCUT2D eigenvalue weighted by atomic mass is 35.5. The Morgan fingerprint density at radius 3 is 2.18 bits per heavy atom. The van der Waals surface area contributed by atoms with Crippen LogP contribution in [0.25, 0.3) is 0 Å². The van der Waals surface area contributed by atoms with Gasteiger partial charge in [-0.25, -0.2) is 8.42 Å². The van der Waals surface area contributed by atoms with E-state index in [4.69, 9.17) is 27.9 Å². The lowest BCUT2D eigenvalue weighted by atomic mass is 10.0. The lowest BCUT2D eigenvalue weighted by Gasteiger charge is -2.33. The lowest BCUT2D eigenvalue weighted by molar-refractivity contribution is -0.142. The molecule has 0 saturated carbocycles. The zero-order valence-electron chi connectivity index (χ0n) is 22.8. The Balaban J connectivity index is 2.26. The summed E-state index contributed by atoms with van der Waals surface area (Å²) in [4.78, 5) is 28.2. The predicted octanol–water partition coefficient (Wildman–Crippen LogP) is 5.27. The monoisotopic (exact) mass is 585 g/mol. The van der Waals surface area contributed by atoms with Gasteiger partial charge in [0.05, 0.1) is 29.1 Å². The Morgan fingerprint density at radius 1 is 1.05 bits per heavy atom. The van der Waals surface area contributed by atoms with Crippen LogP contribution in [-0.2, 0) is 26.2 Å². The Kier molecular flexibility index (Phi) is 11.3. The van der Waals surface area contributed by atoms with Crippen molar-refractivity contribution in [2.75, 3.05) is 24.2 Å². The number of hydrogen-bond acceptors (Lipinski definition) is 5. The molecular weight excluding hydrogens is 549 g/mol. The molecule has 1 N–H and O–H groups in total. The molecule has 0 heterocycles. The van der Waals surface area contributed by atoms with E-state index in [2.05, 4.69) is 5.32 Å². The first-order valence-electron chi connectivity index (χ1n) is 12.3. The minimum absolute atomic E-state index is 0.0444. The molecule has 2 aromatic carbocycles. The fourth-order valence-electron chi connectivity index (χ4n) is 3.96. The number of rotatable bonds is 12. The summed E-state index contributed by atoms with van der Waals surface area (Å²) < 4.78 is 31.4. The quantitative estimate of drug-likeness (QED) is 0.366. The van der Waals surface area contributed by atoms with Crippen LogP contribution in [0, 0.1) is 0 Å². The van der Waals surface area contributed by atoms with Crippen molar-refractivity contribution in [3.63, 3.8) is 0 Å². The molecule has 0 aromatic heterocycles. The second kappa shape index (κ2) is 13.5. The number of halogens is 2. The van der Waals surface area contributed by atoms with Gasteiger partial charge in [-0.1, -0.05) is 36.2 Å². The van der Waals surface area contributed by atoms with E-state index in [0.717, 1.165) is 11.8 Å². The van der Waals surface area contributed by atoms with Gasteiger partial charge in [0.15, 0.2) is 0 Å². The van der Waals surface area contributed by atoms with Crippen LogP contribution in [0.15, 0.2) is 42.5 Å².